The zero-order chi connectivity index (χ0) is 14.2. The highest BCUT2D eigenvalue weighted by atomic mass is 19.2. The minimum absolute atomic E-state index is 0.0191. The smallest absolute Gasteiger partial charge is 0.256 e. The number of piperidine rings is 1. The summed E-state index contributed by atoms with van der Waals surface area (Å²) in [6, 6.07) is 1.84. The molecular formula is C14H18F2N2O. The van der Waals surface area contributed by atoms with Crippen molar-refractivity contribution in [2.24, 2.45) is 5.92 Å². The van der Waals surface area contributed by atoms with Crippen LogP contribution in [-0.4, -0.2) is 23.4 Å². The molecule has 1 aromatic carbocycles. The van der Waals surface area contributed by atoms with Crippen molar-refractivity contribution < 1.29 is 13.6 Å². The first-order valence-corrected chi connectivity index (χ1v) is 6.45. The van der Waals surface area contributed by atoms with Crippen LogP contribution in [0.2, 0.25) is 0 Å². The van der Waals surface area contributed by atoms with Crippen molar-refractivity contribution in [2.75, 3.05) is 12.3 Å². The van der Waals surface area contributed by atoms with Crippen LogP contribution in [0.25, 0.3) is 0 Å². The van der Waals surface area contributed by atoms with Gasteiger partial charge in [0.25, 0.3) is 5.91 Å². The quantitative estimate of drug-likeness (QED) is 0.796. The van der Waals surface area contributed by atoms with E-state index in [9.17, 15) is 13.6 Å². The summed E-state index contributed by atoms with van der Waals surface area (Å²) in [5, 5.41) is 0. The summed E-state index contributed by atoms with van der Waals surface area (Å²) < 4.78 is 26.3. The molecule has 0 aliphatic carbocycles. The fraction of sp³-hybridized carbons (Fsp3) is 0.500. The van der Waals surface area contributed by atoms with Gasteiger partial charge in [-0.1, -0.05) is 6.92 Å². The van der Waals surface area contributed by atoms with Crippen molar-refractivity contribution in [3.63, 3.8) is 0 Å². The topological polar surface area (TPSA) is 46.3 Å². The maximum Gasteiger partial charge on any atom is 0.256 e. The van der Waals surface area contributed by atoms with Crippen LogP contribution < -0.4 is 5.73 Å². The van der Waals surface area contributed by atoms with Crippen LogP contribution in [-0.2, 0) is 0 Å². The summed E-state index contributed by atoms with van der Waals surface area (Å²) in [5.41, 5.74) is 5.65. The lowest BCUT2D eigenvalue weighted by molar-refractivity contribution is 0.0574. The molecular weight excluding hydrogens is 250 g/mol. The van der Waals surface area contributed by atoms with Crippen LogP contribution in [0.15, 0.2) is 12.1 Å². The number of hydrogen-bond donors (Lipinski definition) is 1. The van der Waals surface area contributed by atoms with E-state index in [1.54, 1.807) is 4.90 Å². The van der Waals surface area contributed by atoms with Gasteiger partial charge < -0.3 is 10.6 Å². The summed E-state index contributed by atoms with van der Waals surface area (Å²) in [4.78, 5) is 14.1. The second kappa shape index (κ2) is 5.15. The molecule has 2 atom stereocenters. The van der Waals surface area contributed by atoms with Gasteiger partial charge >= 0.3 is 0 Å². The van der Waals surface area contributed by atoms with Crippen molar-refractivity contribution in [3.8, 4) is 0 Å². The number of nitrogens with zero attached hydrogens (tertiary/aromatic N) is 1. The maximum absolute atomic E-state index is 13.3. The van der Waals surface area contributed by atoms with Gasteiger partial charge in [0.05, 0.1) is 5.56 Å². The molecule has 0 saturated carbocycles. The van der Waals surface area contributed by atoms with Gasteiger partial charge in [-0.05, 0) is 31.7 Å². The van der Waals surface area contributed by atoms with Gasteiger partial charge in [-0.3, -0.25) is 4.79 Å². The SMILES string of the molecule is CC1CCC(C)N(C(=O)c2cc(F)c(F)cc2N)C1. The average Bonchev–Trinajstić information content (AvgIpc) is 2.36. The zero-order valence-electron chi connectivity index (χ0n) is 11.1. The van der Waals surface area contributed by atoms with E-state index in [1.165, 1.54) is 0 Å². The van der Waals surface area contributed by atoms with Gasteiger partial charge in [-0.2, -0.15) is 0 Å². The number of anilines is 1. The lowest BCUT2D eigenvalue weighted by Crippen LogP contribution is -2.45. The highest BCUT2D eigenvalue weighted by Gasteiger charge is 2.29. The van der Waals surface area contributed by atoms with E-state index in [-0.39, 0.29) is 23.2 Å². The second-order valence-corrected chi connectivity index (χ2v) is 5.34. The summed E-state index contributed by atoms with van der Waals surface area (Å²) >= 11 is 0. The molecule has 1 amide bonds. The van der Waals surface area contributed by atoms with Gasteiger partial charge in [0.15, 0.2) is 11.6 Å². The van der Waals surface area contributed by atoms with Crippen molar-refractivity contribution >= 4 is 11.6 Å². The van der Waals surface area contributed by atoms with Crippen LogP contribution in [0, 0.1) is 17.6 Å². The number of benzene rings is 1. The highest BCUT2D eigenvalue weighted by molar-refractivity contribution is 5.99. The molecule has 0 aromatic heterocycles. The summed E-state index contributed by atoms with van der Waals surface area (Å²) in [6.07, 6.45) is 1.98. The molecule has 104 valence electrons. The minimum atomic E-state index is -1.05. The maximum atomic E-state index is 13.3. The Hall–Kier alpha value is -1.65. The van der Waals surface area contributed by atoms with E-state index >= 15 is 0 Å². The highest BCUT2D eigenvalue weighted by Crippen LogP contribution is 2.26. The van der Waals surface area contributed by atoms with E-state index in [4.69, 9.17) is 5.73 Å². The molecule has 1 fully saturated rings. The Kier molecular flexibility index (Phi) is 3.73. The van der Waals surface area contributed by atoms with Crippen molar-refractivity contribution in [3.05, 3.63) is 29.3 Å². The third-order valence-electron chi connectivity index (χ3n) is 3.70. The lowest BCUT2D eigenvalue weighted by Gasteiger charge is -2.37. The summed E-state index contributed by atoms with van der Waals surface area (Å²) in [7, 11) is 0. The van der Waals surface area contributed by atoms with E-state index in [2.05, 4.69) is 6.92 Å². The number of likely N-dealkylation sites (tertiary alicyclic amines) is 1. The van der Waals surface area contributed by atoms with E-state index in [0.29, 0.717) is 12.5 Å². The first-order valence-electron chi connectivity index (χ1n) is 6.45. The van der Waals surface area contributed by atoms with E-state index in [1.807, 2.05) is 6.92 Å². The van der Waals surface area contributed by atoms with E-state index < -0.39 is 11.6 Å². The summed E-state index contributed by atoms with van der Waals surface area (Å²) in [5.74, 6) is -1.99. The number of halogens is 2. The molecule has 1 aliphatic heterocycles. The third kappa shape index (κ3) is 2.69. The second-order valence-electron chi connectivity index (χ2n) is 5.34. The fourth-order valence-electron chi connectivity index (χ4n) is 2.47. The first-order chi connectivity index (χ1) is 8.90. The van der Waals surface area contributed by atoms with Crippen molar-refractivity contribution in [2.45, 2.75) is 32.7 Å². The molecule has 19 heavy (non-hydrogen) atoms. The number of nitrogens with two attached hydrogens (primary N) is 1. The van der Waals surface area contributed by atoms with Gasteiger partial charge in [-0.25, -0.2) is 8.78 Å². The Morgan fingerprint density at radius 1 is 1.26 bits per heavy atom. The predicted molar refractivity (Wildman–Crippen MR) is 69.7 cm³/mol. The number of amides is 1. The van der Waals surface area contributed by atoms with Gasteiger partial charge in [0.2, 0.25) is 0 Å². The normalized spacial score (nSPS) is 23.5. The third-order valence-corrected chi connectivity index (χ3v) is 3.70. The fourth-order valence-corrected chi connectivity index (χ4v) is 2.47. The largest absolute Gasteiger partial charge is 0.398 e. The Balaban J connectivity index is 2.31. The molecule has 2 rings (SSSR count). The van der Waals surface area contributed by atoms with Crippen LogP contribution in [0.1, 0.15) is 37.0 Å². The molecule has 1 saturated heterocycles. The Morgan fingerprint density at radius 2 is 1.89 bits per heavy atom. The molecule has 0 radical (unpaired) electrons. The van der Waals surface area contributed by atoms with Crippen LogP contribution >= 0.6 is 0 Å². The Morgan fingerprint density at radius 3 is 2.58 bits per heavy atom. The van der Waals surface area contributed by atoms with Crippen LogP contribution in [0.5, 0.6) is 0 Å². The predicted octanol–water partition coefficient (Wildman–Crippen LogP) is 2.81. The minimum Gasteiger partial charge on any atom is -0.398 e. The number of carbonyl (C=O) groups excluding carboxylic acids is 1. The molecule has 1 aliphatic rings. The molecule has 5 heteroatoms. The Labute approximate surface area is 111 Å². The van der Waals surface area contributed by atoms with Gasteiger partial charge in [0, 0.05) is 24.3 Å². The lowest BCUT2D eigenvalue weighted by atomic mass is 9.94. The van der Waals surface area contributed by atoms with Crippen molar-refractivity contribution in [1.29, 1.82) is 0 Å². The molecule has 2 unspecified atom stereocenters. The van der Waals surface area contributed by atoms with Crippen LogP contribution in [0.3, 0.4) is 0 Å². The number of nitrogen functional groups attached to an aromatic ring is 1. The standard InChI is InChI=1S/C14H18F2N2O/c1-8-3-4-9(2)18(7-8)14(19)10-5-11(15)12(16)6-13(10)17/h5-6,8-9H,3-4,7,17H2,1-2H3. The molecule has 0 bridgehead atoms. The van der Waals surface area contributed by atoms with Crippen LogP contribution in [0.4, 0.5) is 14.5 Å². The first kappa shape index (κ1) is 13.8. The van der Waals surface area contributed by atoms with Crippen molar-refractivity contribution in [1.82, 2.24) is 4.90 Å². The summed E-state index contributed by atoms with van der Waals surface area (Å²) in [6.45, 7) is 4.65. The van der Waals surface area contributed by atoms with E-state index in [0.717, 1.165) is 25.0 Å². The molecule has 1 aromatic rings. The molecule has 2 N–H and O–H groups in total. The number of rotatable bonds is 1. The average molecular weight is 268 g/mol. The Bertz CT molecular complexity index is 504. The van der Waals surface area contributed by atoms with Gasteiger partial charge in [0.1, 0.15) is 0 Å². The zero-order valence-corrected chi connectivity index (χ0v) is 11.1. The molecule has 3 nitrogen and oxygen atoms in total. The molecule has 1 heterocycles. The monoisotopic (exact) mass is 268 g/mol. The molecule has 0 spiro atoms. The number of hydrogen-bond acceptors (Lipinski definition) is 2. The number of carbonyl (C=O) groups is 1. The van der Waals surface area contributed by atoms with Gasteiger partial charge in [-0.15, -0.1) is 0 Å².